The number of carbonyl (C=O) groups excluding carboxylic acids is 3. The number of likely N-dealkylation sites (N-methyl/N-ethyl adjacent to an activating group) is 1. The van der Waals surface area contributed by atoms with Gasteiger partial charge in [0.1, 0.15) is 18.9 Å². The molecule has 2 atom stereocenters. The molecule has 0 aliphatic carbocycles. The summed E-state index contributed by atoms with van der Waals surface area (Å²) in [6.45, 7) is 1.50. The number of carbonyl (C=O) groups is 3. The van der Waals surface area contributed by atoms with Gasteiger partial charge >= 0.3 is 12.0 Å². The number of ether oxygens (including phenoxy) is 2. The molecule has 0 radical (unpaired) electrons. The molecule has 35 heavy (non-hydrogen) atoms. The van der Waals surface area contributed by atoms with Crippen LogP contribution in [0, 0.1) is 0 Å². The van der Waals surface area contributed by atoms with E-state index in [0.29, 0.717) is 11.7 Å². The van der Waals surface area contributed by atoms with Gasteiger partial charge in [0.2, 0.25) is 5.96 Å². The van der Waals surface area contributed by atoms with Gasteiger partial charge in [-0.2, -0.15) is 0 Å². The van der Waals surface area contributed by atoms with Crippen molar-refractivity contribution in [2.45, 2.75) is 25.7 Å². The van der Waals surface area contributed by atoms with Crippen LogP contribution in [0.1, 0.15) is 12.5 Å². The van der Waals surface area contributed by atoms with E-state index in [4.69, 9.17) is 14.5 Å². The highest BCUT2D eigenvalue weighted by Crippen LogP contribution is 2.39. The number of hydrogen-bond acceptors (Lipinski definition) is 8. The largest absolute Gasteiger partial charge is 0.495 e. The second kappa shape index (κ2) is 8.79. The lowest BCUT2D eigenvalue weighted by Crippen LogP contribution is -2.65. The second-order valence-electron chi connectivity index (χ2n) is 8.44. The molecule has 0 bridgehead atoms. The Morgan fingerprint density at radius 3 is 2.51 bits per heavy atom. The number of anilines is 1. The highest BCUT2D eigenvalue weighted by molar-refractivity contribution is 6.11. The van der Waals surface area contributed by atoms with E-state index in [1.54, 1.807) is 19.1 Å². The number of aliphatic imine (C=N–C) groups is 1. The van der Waals surface area contributed by atoms with Crippen LogP contribution in [0.15, 0.2) is 71.5 Å². The molecule has 0 spiro atoms. The Hall–Kier alpha value is -4.34. The number of allylic oxidation sites excluding steroid dienone is 1. The van der Waals surface area contributed by atoms with Crippen LogP contribution in [0.4, 0.5) is 10.5 Å². The van der Waals surface area contributed by atoms with Crippen LogP contribution in [0.2, 0.25) is 0 Å². The van der Waals surface area contributed by atoms with Crippen LogP contribution in [0.25, 0.3) is 0 Å². The molecule has 1 saturated heterocycles. The van der Waals surface area contributed by atoms with Gasteiger partial charge in [-0.1, -0.05) is 42.5 Å². The summed E-state index contributed by atoms with van der Waals surface area (Å²) in [4.78, 5) is 49.7. The summed E-state index contributed by atoms with van der Waals surface area (Å²) < 4.78 is 10.8. The predicted molar refractivity (Wildman–Crippen MR) is 127 cm³/mol. The molecule has 3 amide bonds. The Morgan fingerprint density at radius 2 is 1.77 bits per heavy atom. The number of esters is 1. The van der Waals surface area contributed by atoms with Gasteiger partial charge in [-0.25, -0.2) is 9.79 Å². The molecule has 0 aromatic heterocycles. The molecule has 10 nitrogen and oxygen atoms in total. The molecule has 180 valence electrons. The smallest absolute Gasteiger partial charge is 0.328 e. The highest BCUT2D eigenvalue weighted by Gasteiger charge is 2.55. The molecule has 5 rings (SSSR count). The Morgan fingerprint density at radius 1 is 1.06 bits per heavy atom. The zero-order chi connectivity index (χ0) is 24.7. The predicted octanol–water partition coefficient (Wildman–Crippen LogP) is 2.38. The number of methoxy groups -OCH3 is 1. The summed E-state index contributed by atoms with van der Waals surface area (Å²) in [5.74, 6) is 0.00601. The molecule has 1 fully saturated rings. The highest BCUT2D eigenvalue weighted by atomic mass is 16.5. The minimum absolute atomic E-state index is 0.0625. The summed E-state index contributed by atoms with van der Waals surface area (Å²) in [6.07, 6.45) is 1.10. The van der Waals surface area contributed by atoms with Crippen molar-refractivity contribution in [3.63, 3.8) is 0 Å². The fourth-order valence-corrected chi connectivity index (χ4v) is 4.52. The molecule has 10 heteroatoms. The quantitative estimate of drug-likeness (QED) is 0.592. The van der Waals surface area contributed by atoms with E-state index in [1.165, 1.54) is 4.90 Å². The maximum atomic E-state index is 13.5. The van der Waals surface area contributed by atoms with Gasteiger partial charge in [0.05, 0.1) is 12.8 Å². The van der Waals surface area contributed by atoms with E-state index in [1.807, 2.05) is 72.6 Å². The van der Waals surface area contributed by atoms with E-state index in [2.05, 4.69) is 0 Å². The van der Waals surface area contributed by atoms with Crippen LogP contribution in [-0.4, -0.2) is 71.5 Å². The van der Waals surface area contributed by atoms with E-state index in [-0.39, 0.29) is 6.61 Å². The number of imide groups is 1. The number of para-hydroxylation sites is 2. The fourth-order valence-electron chi connectivity index (χ4n) is 4.52. The van der Waals surface area contributed by atoms with Gasteiger partial charge in [0.25, 0.3) is 5.91 Å². The fraction of sp³-hybridized carbons (Fsp3) is 0.280. The monoisotopic (exact) mass is 475 g/mol. The van der Waals surface area contributed by atoms with Crippen molar-refractivity contribution in [3.8, 4) is 5.75 Å². The average Bonchev–Trinajstić information content (AvgIpc) is 3.39. The topological polar surface area (TPSA) is 95.0 Å². The van der Waals surface area contributed by atoms with Gasteiger partial charge in [0.15, 0.2) is 12.2 Å². The minimum Gasteiger partial charge on any atom is -0.495 e. The van der Waals surface area contributed by atoms with Crippen molar-refractivity contribution >= 4 is 29.6 Å². The third kappa shape index (κ3) is 3.76. The lowest BCUT2D eigenvalue weighted by Gasteiger charge is -2.39. The first-order valence-corrected chi connectivity index (χ1v) is 11.2. The van der Waals surface area contributed by atoms with Crippen molar-refractivity contribution in [2.24, 2.45) is 4.99 Å². The van der Waals surface area contributed by atoms with Gasteiger partial charge in [-0.3, -0.25) is 19.4 Å². The maximum Gasteiger partial charge on any atom is 0.328 e. The van der Waals surface area contributed by atoms with Crippen LogP contribution < -0.4 is 9.64 Å². The first-order chi connectivity index (χ1) is 16.9. The van der Waals surface area contributed by atoms with E-state index < -0.39 is 36.7 Å². The number of amides is 3. The SMILES string of the molecule is COc1ccccc1N1C(C)=CN2C1=NC1C2C(=O)N(CC(=O)OCc2ccccc2)C(=O)N1C. The number of fused-ring (bicyclic) bond motifs is 3. The summed E-state index contributed by atoms with van der Waals surface area (Å²) in [5.41, 5.74) is 2.43. The standard InChI is InChI=1S/C25H25N5O5/c1-16-13-28-21-22(26-24(28)30(16)18-11-7-8-12-19(18)34-3)27(2)25(33)29(23(21)32)14-20(31)35-15-17-9-5-4-6-10-17/h4-13,21-22H,14-15H2,1-3H3. The number of nitrogens with zero attached hydrogens (tertiary/aromatic N) is 5. The van der Waals surface area contributed by atoms with Crippen molar-refractivity contribution < 1.29 is 23.9 Å². The molecule has 2 aromatic rings. The van der Waals surface area contributed by atoms with Crippen LogP contribution in [-0.2, 0) is 20.9 Å². The first-order valence-electron chi connectivity index (χ1n) is 11.2. The molecular weight excluding hydrogens is 450 g/mol. The summed E-state index contributed by atoms with van der Waals surface area (Å²) >= 11 is 0. The number of guanidine groups is 1. The summed E-state index contributed by atoms with van der Waals surface area (Å²) in [6, 6.07) is 15.3. The number of urea groups is 1. The van der Waals surface area contributed by atoms with Gasteiger partial charge in [-0.15, -0.1) is 0 Å². The minimum atomic E-state index is -0.788. The second-order valence-corrected chi connectivity index (χ2v) is 8.44. The summed E-state index contributed by atoms with van der Waals surface area (Å²) in [7, 11) is 3.16. The third-order valence-electron chi connectivity index (χ3n) is 6.24. The number of rotatable bonds is 6. The third-order valence-corrected chi connectivity index (χ3v) is 6.24. The maximum absolute atomic E-state index is 13.5. The lowest BCUT2D eigenvalue weighted by atomic mass is 10.1. The van der Waals surface area contributed by atoms with E-state index in [9.17, 15) is 14.4 Å². The van der Waals surface area contributed by atoms with Gasteiger partial charge < -0.3 is 19.3 Å². The zero-order valence-electron chi connectivity index (χ0n) is 19.6. The zero-order valence-corrected chi connectivity index (χ0v) is 19.6. The summed E-state index contributed by atoms with van der Waals surface area (Å²) in [5, 5.41) is 0. The molecule has 3 heterocycles. The molecule has 3 aliphatic heterocycles. The molecule has 0 N–H and O–H groups in total. The van der Waals surface area contributed by atoms with Gasteiger partial charge in [-0.05, 0) is 24.6 Å². The normalized spacial score (nSPS) is 21.0. The van der Waals surface area contributed by atoms with Crippen LogP contribution >= 0.6 is 0 Å². The molecule has 2 unspecified atom stereocenters. The van der Waals surface area contributed by atoms with Crippen LogP contribution in [0.3, 0.4) is 0 Å². The molecule has 2 aromatic carbocycles. The average molecular weight is 476 g/mol. The Labute approximate surface area is 202 Å². The lowest BCUT2D eigenvalue weighted by molar-refractivity contribution is -0.151. The van der Waals surface area contributed by atoms with E-state index in [0.717, 1.165) is 21.8 Å². The van der Waals surface area contributed by atoms with Gasteiger partial charge in [0, 0.05) is 18.9 Å². The number of benzene rings is 2. The molecular formula is C25H25N5O5. The van der Waals surface area contributed by atoms with Crippen molar-refractivity contribution in [3.05, 3.63) is 72.1 Å². The van der Waals surface area contributed by atoms with Crippen molar-refractivity contribution in [1.29, 1.82) is 0 Å². The molecule has 3 aliphatic rings. The van der Waals surface area contributed by atoms with Crippen molar-refractivity contribution in [2.75, 3.05) is 25.6 Å². The Kier molecular flexibility index (Phi) is 5.64. The van der Waals surface area contributed by atoms with Crippen molar-refractivity contribution in [1.82, 2.24) is 14.7 Å². The first kappa shape index (κ1) is 22.5. The number of hydrogen-bond donors (Lipinski definition) is 0. The van der Waals surface area contributed by atoms with Crippen LogP contribution in [0.5, 0.6) is 5.75 Å². The Bertz CT molecular complexity index is 1240. The van der Waals surface area contributed by atoms with E-state index >= 15 is 0 Å². The molecule has 0 saturated carbocycles. The Balaban J connectivity index is 1.36.